The minimum Gasteiger partial charge on any atom is -0.489 e. The zero-order chi connectivity index (χ0) is 22.1. The van der Waals surface area contributed by atoms with E-state index in [1.165, 1.54) is 30.0 Å². The molecule has 0 radical (unpaired) electrons. The molecule has 10 heteroatoms. The van der Waals surface area contributed by atoms with Gasteiger partial charge < -0.3 is 10.1 Å². The standard InChI is InChI=1S/C20H22Cl2N2O4S2/c1-3-10-28-16-6-4-5-15(13-16)23-20(25)18(9-11-29-2)24-30(26,27)19-12-14(21)7-8-17(19)22/h3-8,12-13,18,24H,1,9-11H2,2H3,(H,23,25). The lowest BCUT2D eigenvalue weighted by molar-refractivity contribution is -0.117. The van der Waals surface area contributed by atoms with Gasteiger partial charge in [-0.05, 0) is 48.8 Å². The number of rotatable bonds is 11. The first kappa shape index (κ1) is 24.6. The van der Waals surface area contributed by atoms with Crippen molar-refractivity contribution < 1.29 is 17.9 Å². The molecule has 0 aliphatic carbocycles. The number of amides is 1. The molecule has 162 valence electrons. The Morgan fingerprint density at radius 2 is 2.03 bits per heavy atom. The molecule has 2 aromatic rings. The van der Waals surface area contributed by atoms with Crippen molar-refractivity contribution in [2.45, 2.75) is 17.4 Å². The van der Waals surface area contributed by atoms with E-state index in [1.807, 2.05) is 6.26 Å². The highest BCUT2D eigenvalue weighted by atomic mass is 35.5. The van der Waals surface area contributed by atoms with Crippen LogP contribution in [0.25, 0.3) is 0 Å². The minimum atomic E-state index is -4.07. The first-order chi connectivity index (χ1) is 14.3. The summed E-state index contributed by atoms with van der Waals surface area (Å²) in [5.41, 5.74) is 0.482. The third-order valence-corrected chi connectivity index (χ3v) is 6.71. The Hall–Kier alpha value is -1.71. The zero-order valence-corrected chi connectivity index (χ0v) is 19.4. The highest BCUT2D eigenvalue weighted by Gasteiger charge is 2.27. The largest absolute Gasteiger partial charge is 0.489 e. The number of thioether (sulfide) groups is 1. The van der Waals surface area contributed by atoms with Crippen LogP contribution in [-0.2, 0) is 14.8 Å². The number of nitrogens with one attached hydrogen (secondary N) is 2. The van der Waals surface area contributed by atoms with E-state index in [0.29, 0.717) is 23.8 Å². The lowest BCUT2D eigenvalue weighted by Crippen LogP contribution is -2.44. The number of benzene rings is 2. The van der Waals surface area contributed by atoms with Gasteiger partial charge in [-0.1, -0.05) is 41.9 Å². The molecule has 0 bridgehead atoms. The Labute approximate surface area is 191 Å². The van der Waals surface area contributed by atoms with E-state index in [-0.39, 0.29) is 21.4 Å². The van der Waals surface area contributed by atoms with Gasteiger partial charge in [0.15, 0.2) is 0 Å². The summed E-state index contributed by atoms with van der Waals surface area (Å²) >= 11 is 13.4. The lowest BCUT2D eigenvalue weighted by atomic mass is 10.2. The third kappa shape index (κ3) is 7.21. The van der Waals surface area contributed by atoms with Crippen LogP contribution in [0.5, 0.6) is 5.75 Å². The Morgan fingerprint density at radius 1 is 1.27 bits per heavy atom. The molecule has 0 aliphatic rings. The van der Waals surface area contributed by atoms with Gasteiger partial charge in [-0.25, -0.2) is 8.42 Å². The Bertz CT molecular complexity index is 1000. The first-order valence-electron chi connectivity index (χ1n) is 8.87. The van der Waals surface area contributed by atoms with Crippen molar-refractivity contribution in [1.29, 1.82) is 0 Å². The van der Waals surface area contributed by atoms with Gasteiger partial charge in [0.1, 0.15) is 23.3 Å². The van der Waals surface area contributed by atoms with Gasteiger partial charge in [0, 0.05) is 16.8 Å². The molecular formula is C20H22Cl2N2O4S2. The van der Waals surface area contributed by atoms with Gasteiger partial charge in [0.2, 0.25) is 15.9 Å². The number of carbonyl (C=O) groups is 1. The number of carbonyl (C=O) groups excluding carboxylic acids is 1. The van der Waals surface area contributed by atoms with E-state index in [9.17, 15) is 13.2 Å². The monoisotopic (exact) mass is 488 g/mol. The average Bonchev–Trinajstić information content (AvgIpc) is 2.71. The van der Waals surface area contributed by atoms with Crippen molar-refractivity contribution in [1.82, 2.24) is 4.72 Å². The van der Waals surface area contributed by atoms with Gasteiger partial charge in [-0.2, -0.15) is 16.5 Å². The van der Waals surface area contributed by atoms with Crippen molar-refractivity contribution in [2.75, 3.05) is 23.9 Å². The van der Waals surface area contributed by atoms with E-state index >= 15 is 0 Å². The summed E-state index contributed by atoms with van der Waals surface area (Å²) in [4.78, 5) is 12.7. The molecule has 1 amide bonds. The molecule has 0 aromatic heterocycles. The van der Waals surface area contributed by atoms with Crippen LogP contribution in [0.2, 0.25) is 10.0 Å². The summed E-state index contributed by atoms with van der Waals surface area (Å²) in [6.45, 7) is 3.92. The summed E-state index contributed by atoms with van der Waals surface area (Å²) in [5, 5.41) is 2.97. The van der Waals surface area contributed by atoms with Crippen LogP contribution in [0, 0.1) is 0 Å². The normalized spacial score (nSPS) is 12.2. The summed E-state index contributed by atoms with van der Waals surface area (Å²) in [6.07, 6.45) is 3.77. The number of halogens is 2. The van der Waals surface area contributed by atoms with Crippen molar-refractivity contribution >= 4 is 56.6 Å². The number of hydrogen-bond acceptors (Lipinski definition) is 5. The van der Waals surface area contributed by atoms with Crippen LogP contribution in [0.3, 0.4) is 0 Å². The van der Waals surface area contributed by atoms with Gasteiger partial charge >= 0.3 is 0 Å². The second-order valence-electron chi connectivity index (χ2n) is 6.15. The molecule has 0 spiro atoms. The fourth-order valence-electron chi connectivity index (χ4n) is 2.46. The van der Waals surface area contributed by atoms with Gasteiger partial charge in [-0.15, -0.1) is 0 Å². The molecule has 2 aromatic carbocycles. The molecule has 2 rings (SSSR count). The molecule has 2 N–H and O–H groups in total. The summed E-state index contributed by atoms with van der Waals surface area (Å²) in [6, 6.07) is 9.93. The fourth-order valence-corrected chi connectivity index (χ4v) is 4.93. The molecule has 1 atom stereocenters. The number of anilines is 1. The van der Waals surface area contributed by atoms with E-state index in [2.05, 4.69) is 16.6 Å². The van der Waals surface area contributed by atoms with E-state index < -0.39 is 22.0 Å². The second kappa shape index (κ2) is 11.6. The molecule has 0 aliphatic heterocycles. The lowest BCUT2D eigenvalue weighted by Gasteiger charge is -2.19. The zero-order valence-electron chi connectivity index (χ0n) is 16.2. The molecule has 0 saturated carbocycles. The Morgan fingerprint density at radius 3 is 2.73 bits per heavy atom. The number of hydrogen-bond donors (Lipinski definition) is 2. The highest BCUT2D eigenvalue weighted by molar-refractivity contribution is 7.98. The molecule has 1 unspecified atom stereocenters. The topological polar surface area (TPSA) is 84.5 Å². The molecule has 6 nitrogen and oxygen atoms in total. The minimum absolute atomic E-state index is 0.0167. The van der Waals surface area contributed by atoms with Gasteiger partial charge in [0.25, 0.3) is 0 Å². The van der Waals surface area contributed by atoms with E-state index in [0.717, 1.165) is 0 Å². The Kier molecular flexibility index (Phi) is 9.51. The SMILES string of the molecule is C=CCOc1cccc(NC(=O)C(CCSC)NS(=O)(=O)c2cc(Cl)ccc2Cl)c1. The predicted octanol–water partition coefficient (Wildman–Crippen LogP) is 4.60. The molecule has 0 saturated heterocycles. The molecular weight excluding hydrogens is 467 g/mol. The first-order valence-corrected chi connectivity index (χ1v) is 12.5. The van der Waals surface area contributed by atoms with Gasteiger partial charge in [0.05, 0.1) is 5.02 Å². The van der Waals surface area contributed by atoms with Crippen LogP contribution in [-0.4, -0.2) is 39.0 Å². The average molecular weight is 489 g/mol. The van der Waals surface area contributed by atoms with Crippen LogP contribution in [0.1, 0.15) is 6.42 Å². The molecule has 0 fully saturated rings. The van der Waals surface area contributed by atoms with Crippen molar-refractivity contribution in [3.8, 4) is 5.75 Å². The van der Waals surface area contributed by atoms with Crippen LogP contribution in [0.4, 0.5) is 5.69 Å². The number of ether oxygens (including phenoxy) is 1. The quantitative estimate of drug-likeness (QED) is 0.451. The fraction of sp³-hybridized carbons (Fsp3) is 0.250. The maximum Gasteiger partial charge on any atom is 0.242 e. The molecule has 30 heavy (non-hydrogen) atoms. The van der Waals surface area contributed by atoms with Crippen molar-refractivity contribution in [3.05, 3.63) is 65.2 Å². The van der Waals surface area contributed by atoms with Crippen LogP contribution < -0.4 is 14.8 Å². The summed E-state index contributed by atoms with van der Waals surface area (Å²) in [5.74, 6) is 0.637. The van der Waals surface area contributed by atoms with E-state index in [1.54, 1.807) is 30.3 Å². The predicted molar refractivity (Wildman–Crippen MR) is 124 cm³/mol. The van der Waals surface area contributed by atoms with Crippen LogP contribution in [0.15, 0.2) is 60.0 Å². The Balaban J connectivity index is 2.21. The third-order valence-electron chi connectivity index (χ3n) is 3.88. The summed E-state index contributed by atoms with van der Waals surface area (Å²) in [7, 11) is -4.07. The summed E-state index contributed by atoms with van der Waals surface area (Å²) < 4.78 is 33.6. The number of sulfonamides is 1. The van der Waals surface area contributed by atoms with Crippen molar-refractivity contribution in [3.63, 3.8) is 0 Å². The van der Waals surface area contributed by atoms with Crippen molar-refractivity contribution in [2.24, 2.45) is 0 Å². The second-order valence-corrected chi connectivity index (χ2v) is 9.66. The maximum absolute atomic E-state index is 12.8. The van der Waals surface area contributed by atoms with E-state index in [4.69, 9.17) is 27.9 Å². The van der Waals surface area contributed by atoms with Gasteiger partial charge in [-0.3, -0.25) is 4.79 Å². The van der Waals surface area contributed by atoms with Crippen LogP contribution >= 0.6 is 35.0 Å². The highest BCUT2D eigenvalue weighted by Crippen LogP contribution is 2.25. The maximum atomic E-state index is 12.8. The smallest absolute Gasteiger partial charge is 0.242 e. The molecule has 0 heterocycles.